The topological polar surface area (TPSA) is 74.6 Å². The molecular weight excluding hydrogens is 256 g/mol. The normalized spacial score (nSPS) is 10.4. The second kappa shape index (κ2) is 11.2. The third-order valence-electron chi connectivity index (χ3n) is 1.82. The average molecular weight is 272 g/mol. The number of rotatable bonds is 5. The van der Waals surface area contributed by atoms with Gasteiger partial charge in [-0.2, -0.15) is 0 Å². The van der Waals surface area contributed by atoms with Crippen molar-refractivity contribution in [2.75, 3.05) is 0 Å². The number of allylic oxidation sites excluding steroid dienone is 4. The molecule has 1 aromatic rings. The van der Waals surface area contributed by atoms with Crippen molar-refractivity contribution in [2.24, 2.45) is 0 Å². The van der Waals surface area contributed by atoms with Crippen molar-refractivity contribution in [3.8, 4) is 0 Å². The molecular formula is C16H16O4. The molecule has 2 N–H and O–H groups in total. The van der Waals surface area contributed by atoms with Crippen LogP contribution in [0.3, 0.4) is 0 Å². The van der Waals surface area contributed by atoms with E-state index in [9.17, 15) is 9.59 Å². The van der Waals surface area contributed by atoms with Gasteiger partial charge in [0.1, 0.15) is 0 Å². The van der Waals surface area contributed by atoms with Gasteiger partial charge in [0.15, 0.2) is 0 Å². The predicted octanol–water partition coefficient (Wildman–Crippen LogP) is 3.15. The number of carboxylic acid groups (broad SMARTS) is 2. The Hall–Kier alpha value is -2.88. The molecule has 1 aromatic carbocycles. The quantitative estimate of drug-likeness (QED) is 0.637. The van der Waals surface area contributed by atoms with Crippen molar-refractivity contribution in [2.45, 2.75) is 0 Å². The first-order chi connectivity index (χ1) is 9.56. The Labute approximate surface area is 117 Å². The Kier molecular flexibility index (Phi) is 9.61. The first kappa shape index (κ1) is 17.1. The standard InChI is InChI=1S/C12H12.C4H4O4/c1-2-3-4-6-9-12-10-7-5-8-11-12;5-3(6)1-2-4(7)8/h2-11H,1H2;1-2H,(H,5,6)(H,7,8)/b;2-1-. The lowest BCUT2D eigenvalue weighted by Gasteiger charge is -1.87. The molecule has 0 amide bonds. The van der Waals surface area contributed by atoms with E-state index in [-0.39, 0.29) is 0 Å². The van der Waals surface area contributed by atoms with E-state index < -0.39 is 11.9 Å². The van der Waals surface area contributed by atoms with Gasteiger partial charge in [-0.25, -0.2) is 9.59 Å². The van der Waals surface area contributed by atoms with Crippen LogP contribution in [0.1, 0.15) is 5.56 Å². The van der Waals surface area contributed by atoms with Gasteiger partial charge in [-0.3, -0.25) is 0 Å². The van der Waals surface area contributed by atoms with Gasteiger partial charge < -0.3 is 10.2 Å². The molecule has 0 saturated carbocycles. The van der Waals surface area contributed by atoms with E-state index >= 15 is 0 Å². The predicted molar refractivity (Wildman–Crippen MR) is 79.2 cm³/mol. The number of carboxylic acids is 2. The monoisotopic (exact) mass is 272 g/mol. The van der Waals surface area contributed by atoms with Crippen LogP contribution in [0, 0.1) is 0 Å². The molecule has 0 aliphatic carbocycles. The van der Waals surface area contributed by atoms with E-state index in [2.05, 4.69) is 24.8 Å². The van der Waals surface area contributed by atoms with Crippen LogP contribution in [0.5, 0.6) is 0 Å². The minimum Gasteiger partial charge on any atom is -0.478 e. The van der Waals surface area contributed by atoms with Gasteiger partial charge in [0.05, 0.1) is 0 Å². The highest BCUT2D eigenvalue weighted by Gasteiger charge is 1.88. The molecule has 0 aliphatic rings. The summed E-state index contributed by atoms with van der Waals surface area (Å²) in [6, 6.07) is 10.2. The summed E-state index contributed by atoms with van der Waals surface area (Å²) in [5.41, 5.74) is 1.21. The second-order valence-corrected chi connectivity index (χ2v) is 3.40. The van der Waals surface area contributed by atoms with Crippen molar-refractivity contribution < 1.29 is 19.8 Å². The smallest absolute Gasteiger partial charge is 0.328 e. The zero-order valence-corrected chi connectivity index (χ0v) is 10.8. The Morgan fingerprint density at radius 3 is 1.90 bits per heavy atom. The third kappa shape index (κ3) is 11.6. The molecule has 4 heteroatoms. The Morgan fingerprint density at radius 1 is 0.900 bits per heavy atom. The fraction of sp³-hybridized carbons (Fsp3) is 0. The molecule has 4 nitrogen and oxygen atoms in total. The van der Waals surface area contributed by atoms with Gasteiger partial charge in [0.2, 0.25) is 0 Å². The number of carbonyl (C=O) groups is 2. The molecule has 104 valence electrons. The van der Waals surface area contributed by atoms with Crippen molar-refractivity contribution in [3.63, 3.8) is 0 Å². The summed E-state index contributed by atoms with van der Waals surface area (Å²) in [5.74, 6) is -2.51. The summed E-state index contributed by atoms with van der Waals surface area (Å²) in [7, 11) is 0. The zero-order chi connectivity index (χ0) is 15.2. The largest absolute Gasteiger partial charge is 0.478 e. The minimum atomic E-state index is -1.26. The molecule has 0 atom stereocenters. The molecule has 0 saturated heterocycles. The fourth-order valence-corrected chi connectivity index (χ4v) is 1.02. The van der Waals surface area contributed by atoms with Crippen molar-refractivity contribution in [1.29, 1.82) is 0 Å². The molecule has 0 unspecified atom stereocenters. The minimum absolute atomic E-state index is 0.558. The van der Waals surface area contributed by atoms with E-state index in [0.29, 0.717) is 12.2 Å². The van der Waals surface area contributed by atoms with Crippen LogP contribution < -0.4 is 0 Å². The van der Waals surface area contributed by atoms with E-state index in [1.165, 1.54) is 5.56 Å². The van der Waals surface area contributed by atoms with Gasteiger partial charge in [0.25, 0.3) is 0 Å². The van der Waals surface area contributed by atoms with Crippen LogP contribution in [0.25, 0.3) is 6.08 Å². The maximum Gasteiger partial charge on any atom is 0.328 e. The van der Waals surface area contributed by atoms with Gasteiger partial charge in [-0.15, -0.1) is 0 Å². The summed E-state index contributed by atoms with van der Waals surface area (Å²) in [6.07, 6.45) is 10.8. The molecule has 0 heterocycles. The van der Waals surface area contributed by atoms with E-state index in [1.54, 1.807) is 6.08 Å². The van der Waals surface area contributed by atoms with Crippen LogP contribution in [0.4, 0.5) is 0 Å². The van der Waals surface area contributed by atoms with Crippen LogP contribution in [-0.4, -0.2) is 22.2 Å². The second-order valence-electron chi connectivity index (χ2n) is 3.40. The Balaban J connectivity index is 0.000000396. The number of hydrogen-bond acceptors (Lipinski definition) is 2. The average Bonchev–Trinajstić information content (AvgIpc) is 2.43. The summed E-state index contributed by atoms with van der Waals surface area (Å²) in [4.78, 5) is 19.1. The zero-order valence-electron chi connectivity index (χ0n) is 10.8. The lowest BCUT2D eigenvalue weighted by Crippen LogP contribution is -1.91. The number of aliphatic carboxylic acids is 2. The SMILES string of the molecule is C=CC=CC=Cc1ccccc1.O=C(O)/C=C\C(=O)O. The molecule has 0 fully saturated rings. The van der Waals surface area contributed by atoms with Crippen LogP contribution in [0.2, 0.25) is 0 Å². The highest BCUT2D eigenvalue weighted by Crippen LogP contribution is 2.00. The van der Waals surface area contributed by atoms with Crippen molar-refractivity contribution in [1.82, 2.24) is 0 Å². The Morgan fingerprint density at radius 2 is 1.45 bits per heavy atom. The van der Waals surface area contributed by atoms with E-state index in [4.69, 9.17) is 10.2 Å². The summed E-state index contributed by atoms with van der Waals surface area (Å²) >= 11 is 0. The lowest BCUT2D eigenvalue weighted by atomic mass is 10.2. The molecule has 0 aromatic heterocycles. The fourth-order valence-electron chi connectivity index (χ4n) is 1.02. The van der Waals surface area contributed by atoms with Crippen molar-refractivity contribution >= 4 is 18.0 Å². The highest BCUT2D eigenvalue weighted by atomic mass is 16.4. The number of benzene rings is 1. The van der Waals surface area contributed by atoms with Crippen LogP contribution in [0.15, 0.2) is 73.4 Å². The molecule has 0 bridgehead atoms. The van der Waals surface area contributed by atoms with Gasteiger partial charge >= 0.3 is 11.9 Å². The Bertz CT molecular complexity index is 495. The maximum atomic E-state index is 9.55. The molecule has 0 spiro atoms. The molecule has 20 heavy (non-hydrogen) atoms. The van der Waals surface area contributed by atoms with Crippen LogP contribution >= 0.6 is 0 Å². The maximum absolute atomic E-state index is 9.55. The molecule has 0 aliphatic heterocycles. The summed E-state index contributed by atoms with van der Waals surface area (Å²) in [5, 5.41) is 15.6. The number of hydrogen-bond donors (Lipinski definition) is 2. The molecule has 1 rings (SSSR count). The van der Waals surface area contributed by atoms with Crippen molar-refractivity contribution in [3.05, 3.63) is 78.9 Å². The van der Waals surface area contributed by atoms with E-state index in [1.807, 2.05) is 36.4 Å². The first-order valence-corrected chi connectivity index (χ1v) is 5.71. The first-order valence-electron chi connectivity index (χ1n) is 5.71. The highest BCUT2D eigenvalue weighted by molar-refractivity contribution is 5.89. The lowest BCUT2D eigenvalue weighted by molar-refractivity contribution is -0.134. The van der Waals surface area contributed by atoms with E-state index in [0.717, 1.165) is 0 Å². The summed E-state index contributed by atoms with van der Waals surface area (Å²) < 4.78 is 0. The van der Waals surface area contributed by atoms with Crippen LogP contribution in [-0.2, 0) is 9.59 Å². The van der Waals surface area contributed by atoms with Gasteiger partial charge in [-0.1, -0.05) is 67.3 Å². The van der Waals surface area contributed by atoms with Gasteiger partial charge in [0, 0.05) is 12.2 Å². The van der Waals surface area contributed by atoms with Gasteiger partial charge in [-0.05, 0) is 5.56 Å². The third-order valence-corrected chi connectivity index (χ3v) is 1.82. The molecule has 0 radical (unpaired) electrons. The summed E-state index contributed by atoms with van der Waals surface area (Å²) in [6.45, 7) is 3.58.